The van der Waals surface area contributed by atoms with E-state index in [0.717, 1.165) is 15.6 Å². The molecule has 1 aromatic carbocycles. The number of hydrogen-bond donors (Lipinski definition) is 2. The summed E-state index contributed by atoms with van der Waals surface area (Å²) in [6.07, 6.45) is 0. The molecule has 4 rings (SSSR count). The molecular weight excluding hydrogens is 320 g/mol. The van der Waals surface area contributed by atoms with Gasteiger partial charge in [0.1, 0.15) is 17.1 Å². The number of nitrogens with zero attached hydrogens (tertiary/aromatic N) is 1. The van der Waals surface area contributed by atoms with E-state index in [0.29, 0.717) is 11.3 Å². The Hall–Kier alpha value is -1.83. The standard InChI is InChI=1S/C15H12N2O3S2/c16-11-13(18)17-12(15(19)20)9(6-22-14(11)17)8-5-21-10-4-2-1-3-7(8)10/h1-5,11,14H,6,16H2,(H,19,20)/t11-,14+/m1/s1. The Balaban J connectivity index is 1.92. The highest BCUT2D eigenvalue weighted by Crippen LogP contribution is 2.44. The number of thioether (sulfide) groups is 1. The van der Waals surface area contributed by atoms with Crippen molar-refractivity contribution in [3.05, 3.63) is 40.9 Å². The van der Waals surface area contributed by atoms with Crippen LogP contribution in [-0.4, -0.2) is 39.1 Å². The molecule has 0 unspecified atom stereocenters. The molecule has 3 N–H and O–H groups in total. The van der Waals surface area contributed by atoms with Crippen LogP contribution in [0.1, 0.15) is 5.56 Å². The molecule has 2 aliphatic heterocycles. The van der Waals surface area contributed by atoms with E-state index in [4.69, 9.17) is 5.73 Å². The van der Waals surface area contributed by atoms with Gasteiger partial charge in [-0.15, -0.1) is 23.1 Å². The number of carbonyl (C=O) groups is 2. The summed E-state index contributed by atoms with van der Waals surface area (Å²) in [4.78, 5) is 25.1. The van der Waals surface area contributed by atoms with Gasteiger partial charge >= 0.3 is 5.97 Å². The maximum atomic E-state index is 12.0. The highest BCUT2D eigenvalue weighted by Gasteiger charge is 2.52. The summed E-state index contributed by atoms with van der Waals surface area (Å²) in [5.74, 6) is -0.840. The number of nitrogens with two attached hydrogens (primary N) is 1. The maximum Gasteiger partial charge on any atom is 0.352 e. The summed E-state index contributed by atoms with van der Waals surface area (Å²) in [7, 11) is 0. The fourth-order valence-corrected chi connectivity index (χ4v) is 5.22. The van der Waals surface area contributed by atoms with Crippen LogP contribution < -0.4 is 5.73 Å². The molecule has 0 radical (unpaired) electrons. The summed E-state index contributed by atoms with van der Waals surface area (Å²) in [6.45, 7) is 0. The van der Waals surface area contributed by atoms with E-state index >= 15 is 0 Å². The van der Waals surface area contributed by atoms with Crippen molar-refractivity contribution < 1.29 is 14.7 Å². The van der Waals surface area contributed by atoms with Gasteiger partial charge in [-0.1, -0.05) is 18.2 Å². The molecule has 3 heterocycles. The Morgan fingerprint density at radius 2 is 2.14 bits per heavy atom. The lowest BCUT2D eigenvalue weighted by atomic mass is 9.99. The van der Waals surface area contributed by atoms with Gasteiger partial charge in [0, 0.05) is 21.4 Å². The second kappa shape index (κ2) is 4.84. The molecule has 0 aliphatic carbocycles. The van der Waals surface area contributed by atoms with Gasteiger partial charge in [0.25, 0.3) is 0 Å². The summed E-state index contributed by atoms with van der Waals surface area (Å²) < 4.78 is 1.11. The van der Waals surface area contributed by atoms with E-state index in [1.165, 1.54) is 16.7 Å². The predicted octanol–water partition coefficient (Wildman–Crippen LogP) is 1.94. The fourth-order valence-electron chi connectivity index (χ4n) is 2.93. The fraction of sp³-hybridized carbons (Fsp3) is 0.200. The van der Waals surface area contributed by atoms with Gasteiger partial charge in [-0.05, 0) is 17.0 Å². The Bertz CT molecular complexity index is 842. The van der Waals surface area contributed by atoms with Crippen molar-refractivity contribution in [2.24, 2.45) is 5.73 Å². The van der Waals surface area contributed by atoms with Crippen LogP contribution in [0.4, 0.5) is 0 Å². The van der Waals surface area contributed by atoms with Gasteiger partial charge in [-0.3, -0.25) is 9.69 Å². The van der Waals surface area contributed by atoms with Gasteiger partial charge < -0.3 is 10.8 Å². The summed E-state index contributed by atoms with van der Waals surface area (Å²) >= 11 is 3.10. The average molecular weight is 332 g/mol. The van der Waals surface area contributed by atoms with Gasteiger partial charge in [0.2, 0.25) is 5.91 Å². The highest BCUT2D eigenvalue weighted by atomic mass is 32.2. The molecule has 1 saturated heterocycles. The molecule has 2 atom stereocenters. The molecule has 1 amide bonds. The lowest BCUT2D eigenvalue weighted by Gasteiger charge is -2.48. The molecule has 1 aromatic heterocycles. The largest absolute Gasteiger partial charge is 0.477 e. The zero-order chi connectivity index (χ0) is 15.4. The Morgan fingerprint density at radius 1 is 1.36 bits per heavy atom. The number of carboxylic acid groups (broad SMARTS) is 1. The second-order valence-corrected chi connectivity index (χ2v) is 7.23. The van der Waals surface area contributed by atoms with Gasteiger partial charge in [-0.2, -0.15) is 0 Å². The van der Waals surface area contributed by atoms with Crippen LogP contribution in [0.5, 0.6) is 0 Å². The van der Waals surface area contributed by atoms with Gasteiger partial charge in [-0.25, -0.2) is 4.79 Å². The smallest absolute Gasteiger partial charge is 0.352 e. The quantitative estimate of drug-likeness (QED) is 0.821. The first kappa shape index (κ1) is 13.8. The predicted molar refractivity (Wildman–Crippen MR) is 87.4 cm³/mol. The Morgan fingerprint density at radius 3 is 2.91 bits per heavy atom. The zero-order valence-corrected chi connectivity index (χ0v) is 13.0. The number of fused-ring (bicyclic) bond motifs is 2. The number of carboxylic acids is 1. The van der Waals surface area contributed by atoms with Crippen LogP contribution in [0.3, 0.4) is 0 Å². The number of rotatable bonds is 2. The number of thiophene rings is 1. The van der Waals surface area contributed by atoms with E-state index < -0.39 is 12.0 Å². The minimum Gasteiger partial charge on any atom is -0.477 e. The van der Waals surface area contributed by atoms with Crippen LogP contribution >= 0.6 is 23.1 Å². The third-order valence-electron chi connectivity index (χ3n) is 4.02. The SMILES string of the molecule is N[C@@H]1C(=O)N2C(C(=O)O)=C(c3csc4ccccc34)CS[C@@H]12. The van der Waals surface area contributed by atoms with Crippen molar-refractivity contribution in [3.8, 4) is 0 Å². The maximum absolute atomic E-state index is 12.0. The Labute approximate surface area is 134 Å². The highest BCUT2D eigenvalue weighted by molar-refractivity contribution is 8.00. The van der Waals surface area contributed by atoms with E-state index in [1.54, 1.807) is 11.3 Å². The average Bonchev–Trinajstić information content (AvgIpc) is 2.96. The van der Waals surface area contributed by atoms with E-state index in [2.05, 4.69) is 0 Å². The lowest BCUT2D eigenvalue weighted by molar-refractivity contribution is -0.147. The number of hydrogen-bond acceptors (Lipinski definition) is 5. The monoisotopic (exact) mass is 332 g/mol. The van der Waals surface area contributed by atoms with Crippen molar-refractivity contribution in [1.82, 2.24) is 4.90 Å². The molecule has 2 aliphatic rings. The van der Waals surface area contributed by atoms with Crippen molar-refractivity contribution in [1.29, 1.82) is 0 Å². The van der Waals surface area contributed by atoms with Crippen molar-refractivity contribution in [2.45, 2.75) is 11.4 Å². The van der Waals surface area contributed by atoms with Crippen molar-refractivity contribution >= 4 is 50.6 Å². The van der Waals surface area contributed by atoms with E-state index in [9.17, 15) is 14.7 Å². The van der Waals surface area contributed by atoms with Crippen LogP contribution in [0.25, 0.3) is 15.7 Å². The molecular formula is C15H12N2O3S2. The number of benzene rings is 1. The van der Waals surface area contributed by atoms with Crippen LogP contribution in [0.15, 0.2) is 35.3 Å². The molecule has 0 bridgehead atoms. The number of amides is 1. The molecule has 1 fully saturated rings. The molecule has 2 aromatic rings. The molecule has 112 valence electrons. The van der Waals surface area contributed by atoms with Crippen LogP contribution in [0, 0.1) is 0 Å². The van der Waals surface area contributed by atoms with E-state index in [1.807, 2.05) is 29.6 Å². The summed E-state index contributed by atoms with van der Waals surface area (Å²) in [5.41, 5.74) is 7.45. The minimum absolute atomic E-state index is 0.0824. The molecule has 0 spiro atoms. The van der Waals surface area contributed by atoms with Crippen LogP contribution in [-0.2, 0) is 9.59 Å². The Kier molecular flexibility index (Phi) is 3.04. The van der Waals surface area contributed by atoms with Crippen molar-refractivity contribution in [2.75, 3.05) is 5.75 Å². The number of carbonyl (C=O) groups excluding carboxylic acids is 1. The molecule has 7 heteroatoms. The lowest BCUT2D eigenvalue weighted by Crippen LogP contribution is -2.68. The third-order valence-corrected chi connectivity index (χ3v) is 6.28. The minimum atomic E-state index is -1.07. The molecule has 22 heavy (non-hydrogen) atoms. The molecule has 0 saturated carbocycles. The van der Waals surface area contributed by atoms with Crippen molar-refractivity contribution in [3.63, 3.8) is 0 Å². The first-order chi connectivity index (χ1) is 10.6. The van der Waals surface area contributed by atoms with Gasteiger partial charge in [0.05, 0.1) is 0 Å². The normalized spacial score (nSPS) is 24.4. The second-order valence-electron chi connectivity index (χ2n) is 5.21. The summed E-state index contributed by atoms with van der Waals surface area (Å²) in [5, 5.41) is 12.3. The first-order valence-electron chi connectivity index (χ1n) is 6.73. The molecule has 5 nitrogen and oxygen atoms in total. The van der Waals surface area contributed by atoms with Crippen LogP contribution in [0.2, 0.25) is 0 Å². The first-order valence-corrected chi connectivity index (χ1v) is 8.65. The topological polar surface area (TPSA) is 83.6 Å². The number of β-lactam (4-membered cyclic amide) rings is 1. The third kappa shape index (κ3) is 1.76. The zero-order valence-electron chi connectivity index (χ0n) is 11.4. The number of aliphatic carboxylic acids is 1. The summed E-state index contributed by atoms with van der Waals surface area (Å²) in [6, 6.07) is 7.28. The van der Waals surface area contributed by atoms with Gasteiger partial charge in [0.15, 0.2) is 0 Å². The van der Waals surface area contributed by atoms with E-state index in [-0.39, 0.29) is 17.0 Å².